The van der Waals surface area contributed by atoms with Gasteiger partial charge in [-0.2, -0.15) is 26.3 Å². The van der Waals surface area contributed by atoms with Crippen molar-refractivity contribution in [1.82, 2.24) is 0 Å². The summed E-state index contributed by atoms with van der Waals surface area (Å²) in [6, 6.07) is 2.12. The van der Waals surface area contributed by atoms with Crippen molar-refractivity contribution in [3.8, 4) is 0 Å². The largest absolute Gasteiger partial charge is 0.389 e. The summed E-state index contributed by atoms with van der Waals surface area (Å²) in [6.07, 6.45) is -16.2. The van der Waals surface area contributed by atoms with Crippen LogP contribution in [0.2, 0.25) is 0 Å². The third-order valence-electron chi connectivity index (χ3n) is 3.38. The van der Waals surface area contributed by atoms with Gasteiger partial charge in [0, 0.05) is 12.8 Å². The van der Waals surface area contributed by atoms with Crippen LogP contribution in [0.3, 0.4) is 0 Å². The fourth-order valence-electron chi connectivity index (χ4n) is 2.28. The molecule has 0 radical (unpaired) electrons. The van der Waals surface area contributed by atoms with E-state index in [0.717, 1.165) is 12.1 Å². The first-order valence-electron chi connectivity index (χ1n) is 7.12. The molecule has 0 N–H and O–H groups in total. The van der Waals surface area contributed by atoms with Crippen molar-refractivity contribution in [3.05, 3.63) is 34.6 Å². The first-order chi connectivity index (χ1) is 10.9. The first kappa shape index (κ1) is 20.6. The number of alkyl halides is 8. The molecule has 0 fully saturated rings. The molecule has 0 saturated heterocycles. The normalized spacial score (nSPS) is 12.9. The number of benzene rings is 1. The maximum absolute atomic E-state index is 14.1. The highest BCUT2D eigenvalue weighted by molar-refractivity contribution is 5.35. The summed E-state index contributed by atoms with van der Waals surface area (Å²) in [6.45, 7) is 0. The van der Waals surface area contributed by atoms with Crippen molar-refractivity contribution < 1.29 is 39.5 Å². The molecule has 24 heavy (non-hydrogen) atoms. The van der Waals surface area contributed by atoms with Gasteiger partial charge in [0.25, 0.3) is 6.43 Å². The molecule has 9 heteroatoms. The Bertz CT molecular complexity index is 529. The van der Waals surface area contributed by atoms with Gasteiger partial charge >= 0.3 is 12.4 Å². The van der Waals surface area contributed by atoms with Crippen molar-refractivity contribution >= 4 is 0 Å². The number of aryl methyl sites for hydroxylation is 2. The van der Waals surface area contributed by atoms with Crippen LogP contribution in [0.15, 0.2) is 12.1 Å². The third-order valence-corrected chi connectivity index (χ3v) is 3.38. The van der Waals surface area contributed by atoms with Gasteiger partial charge in [-0.3, -0.25) is 0 Å². The van der Waals surface area contributed by atoms with E-state index >= 15 is 0 Å². The summed E-state index contributed by atoms with van der Waals surface area (Å²) in [4.78, 5) is 0. The van der Waals surface area contributed by atoms with Crippen LogP contribution < -0.4 is 0 Å². The molecule has 0 aliphatic rings. The van der Waals surface area contributed by atoms with Crippen LogP contribution in [0, 0.1) is 5.82 Å². The van der Waals surface area contributed by atoms with E-state index in [1.54, 1.807) is 0 Å². The lowest BCUT2D eigenvalue weighted by atomic mass is 9.96. The van der Waals surface area contributed by atoms with Crippen molar-refractivity contribution in [2.45, 2.75) is 57.3 Å². The smallest absolute Gasteiger partial charge is 0.206 e. The Labute approximate surface area is 132 Å². The summed E-state index contributed by atoms with van der Waals surface area (Å²) in [7, 11) is 0. The molecule has 0 heterocycles. The molecule has 1 rings (SSSR count). The minimum atomic E-state index is -4.44. The Morgan fingerprint density at radius 1 is 0.750 bits per heavy atom. The summed E-state index contributed by atoms with van der Waals surface area (Å²) < 4.78 is 113. The Kier molecular flexibility index (Phi) is 6.97. The predicted octanol–water partition coefficient (Wildman–Crippen LogP) is 6.53. The van der Waals surface area contributed by atoms with Crippen LogP contribution in [-0.4, -0.2) is 12.4 Å². The van der Waals surface area contributed by atoms with Gasteiger partial charge in [-0.25, -0.2) is 13.2 Å². The average Bonchev–Trinajstić information content (AvgIpc) is 2.38. The molecule has 0 aliphatic heterocycles. The molecule has 0 nitrogen and oxygen atoms in total. The quantitative estimate of drug-likeness (QED) is 0.481. The Morgan fingerprint density at radius 2 is 1.17 bits per heavy atom. The molecule has 0 saturated carbocycles. The number of hydrogen-bond acceptors (Lipinski definition) is 0. The van der Waals surface area contributed by atoms with E-state index < -0.39 is 55.8 Å². The molecular formula is C15H15F9. The zero-order valence-electron chi connectivity index (χ0n) is 12.4. The molecular weight excluding hydrogens is 351 g/mol. The number of halogens is 9. The molecule has 0 aromatic heterocycles. The second-order valence-electron chi connectivity index (χ2n) is 5.35. The summed E-state index contributed by atoms with van der Waals surface area (Å²) in [5.41, 5.74) is -1.58. The van der Waals surface area contributed by atoms with Gasteiger partial charge in [-0.15, -0.1) is 0 Å². The third kappa shape index (κ3) is 7.00. The maximum Gasteiger partial charge on any atom is 0.389 e. The molecule has 0 unspecified atom stereocenters. The predicted molar refractivity (Wildman–Crippen MR) is 69.3 cm³/mol. The SMILES string of the molecule is Fc1c(CCCC(F)(F)F)ccc(CCCC(F)(F)F)c1C(F)F. The average molecular weight is 366 g/mol. The number of hydrogen-bond donors (Lipinski definition) is 0. The molecule has 1 aromatic rings. The van der Waals surface area contributed by atoms with Crippen LogP contribution >= 0.6 is 0 Å². The lowest BCUT2D eigenvalue weighted by molar-refractivity contribution is -0.136. The van der Waals surface area contributed by atoms with E-state index in [1.807, 2.05) is 0 Å². The minimum Gasteiger partial charge on any atom is -0.206 e. The van der Waals surface area contributed by atoms with Gasteiger partial charge in [0.05, 0.1) is 5.56 Å². The van der Waals surface area contributed by atoms with Crippen LogP contribution in [0.4, 0.5) is 39.5 Å². The Balaban J connectivity index is 2.86. The second kappa shape index (κ2) is 8.11. The fraction of sp³-hybridized carbons (Fsp3) is 0.600. The molecule has 0 spiro atoms. The molecule has 0 amide bonds. The van der Waals surface area contributed by atoms with Gasteiger partial charge in [-0.05, 0) is 36.8 Å². The van der Waals surface area contributed by atoms with Crippen LogP contribution in [0.25, 0.3) is 0 Å². The van der Waals surface area contributed by atoms with E-state index in [-0.39, 0.29) is 24.0 Å². The van der Waals surface area contributed by atoms with E-state index in [2.05, 4.69) is 0 Å². The molecule has 138 valence electrons. The highest BCUT2D eigenvalue weighted by atomic mass is 19.4. The van der Waals surface area contributed by atoms with Gasteiger partial charge in [-0.1, -0.05) is 12.1 Å². The molecule has 0 aliphatic carbocycles. The maximum atomic E-state index is 14.1. The topological polar surface area (TPSA) is 0 Å². The lowest BCUT2D eigenvalue weighted by Crippen LogP contribution is -2.10. The van der Waals surface area contributed by atoms with Crippen LogP contribution in [0.1, 0.15) is 48.8 Å². The highest BCUT2D eigenvalue weighted by Crippen LogP contribution is 2.32. The summed E-state index contributed by atoms with van der Waals surface area (Å²) in [5, 5.41) is 0. The lowest BCUT2D eigenvalue weighted by Gasteiger charge is -2.14. The van der Waals surface area contributed by atoms with E-state index in [9.17, 15) is 39.5 Å². The Morgan fingerprint density at radius 3 is 1.58 bits per heavy atom. The molecule has 1 aromatic carbocycles. The van der Waals surface area contributed by atoms with Gasteiger partial charge in [0.15, 0.2) is 0 Å². The monoisotopic (exact) mass is 366 g/mol. The van der Waals surface area contributed by atoms with Gasteiger partial charge in [0.2, 0.25) is 0 Å². The van der Waals surface area contributed by atoms with E-state index in [4.69, 9.17) is 0 Å². The highest BCUT2D eigenvalue weighted by Gasteiger charge is 2.28. The van der Waals surface area contributed by atoms with Crippen molar-refractivity contribution in [1.29, 1.82) is 0 Å². The van der Waals surface area contributed by atoms with E-state index in [1.165, 1.54) is 0 Å². The molecule has 0 bridgehead atoms. The van der Waals surface area contributed by atoms with E-state index in [0.29, 0.717) is 0 Å². The molecule has 0 atom stereocenters. The Hall–Kier alpha value is -1.41. The van der Waals surface area contributed by atoms with Crippen LogP contribution in [-0.2, 0) is 12.8 Å². The second-order valence-corrected chi connectivity index (χ2v) is 5.35. The van der Waals surface area contributed by atoms with Crippen molar-refractivity contribution in [2.24, 2.45) is 0 Å². The number of rotatable bonds is 7. The van der Waals surface area contributed by atoms with Crippen molar-refractivity contribution in [3.63, 3.8) is 0 Å². The van der Waals surface area contributed by atoms with Gasteiger partial charge in [0.1, 0.15) is 5.82 Å². The zero-order valence-corrected chi connectivity index (χ0v) is 12.4. The fourth-order valence-corrected chi connectivity index (χ4v) is 2.28. The van der Waals surface area contributed by atoms with Gasteiger partial charge < -0.3 is 0 Å². The first-order valence-corrected chi connectivity index (χ1v) is 7.12. The minimum absolute atomic E-state index is 0.258. The summed E-state index contributed by atoms with van der Waals surface area (Å²) in [5.74, 6) is -1.34. The van der Waals surface area contributed by atoms with Crippen molar-refractivity contribution in [2.75, 3.05) is 0 Å². The van der Waals surface area contributed by atoms with Crippen LogP contribution in [0.5, 0.6) is 0 Å². The standard InChI is InChI=1S/C15H15F9/c16-12-10(4-2-8-15(22,23)24)6-5-9(11(12)13(17)18)3-1-7-14(19,20)21/h5-6,13H,1-4,7-8H2. The zero-order chi connectivity index (χ0) is 18.5. The summed E-state index contributed by atoms with van der Waals surface area (Å²) >= 11 is 0.